The van der Waals surface area contributed by atoms with Crippen LogP contribution < -0.4 is 10.1 Å². The number of anilines is 1. The van der Waals surface area contributed by atoms with Gasteiger partial charge in [-0.25, -0.2) is 4.98 Å². The van der Waals surface area contributed by atoms with Crippen molar-refractivity contribution in [2.24, 2.45) is 0 Å². The summed E-state index contributed by atoms with van der Waals surface area (Å²) in [5, 5.41) is 13.1. The minimum atomic E-state index is -2.91. The molecule has 0 saturated carbocycles. The summed E-state index contributed by atoms with van der Waals surface area (Å²) in [6.45, 7) is -0.534. The van der Waals surface area contributed by atoms with Gasteiger partial charge in [0, 0.05) is 16.5 Å². The summed E-state index contributed by atoms with van der Waals surface area (Å²) in [5.74, 6) is 0.0198. The lowest BCUT2D eigenvalue weighted by molar-refractivity contribution is -0.0497. The van der Waals surface area contributed by atoms with Crippen molar-refractivity contribution in [1.29, 1.82) is 5.26 Å². The normalized spacial score (nSPS) is 10.8. The Morgan fingerprint density at radius 3 is 2.88 bits per heavy atom. The molecule has 1 aromatic carbocycles. The van der Waals surface area contributed by atoms with Gasteiger partial charge >= 0.3 is 6.61 Å². The smallest absolute Gasteiger partial charge is 0.387 e. The average molecular weight is 346 g/mol. The summed E-state index contributed by atoms with van der Waals surface area (Å²) in [6, 6.07) is 6.52. The number of alkyl halides is 2. The van der Waals surface area contributed by atoms with Crippen molar-refractivity contribution in [1.82, 2.24) is 9.97 Å². The first-order valence-corrected chi connectivity index (χ1v) is 7.87. The molecular formula is C16H12F2N4OS. The molecule has 0 aliphatic carbocycles. The number of aryl methyl sites for hydroxylation is 1. The van der Waals surface area contributed by atoms with Gasteiger partial charge in [0.2, 0.25) is 0 Å². The highest BCUT2D eigenvalue weighted by Crippen LogP contribution is 2.30. The van der Waals surface area contributed by atoms with Crippen LogP contribution >= 0.6 is 11.3 Å². The van der Waals surface area contributed by atoms with Crippen molar-refractivity contribution in [3.8, 4) is 11.8 Å². The molecule has 3 aromatic rings. The van der Waals surface area contributed by atoms with Crippen LogP contribution in [-0.2, 0) is 6.54 Å². The van der Waals surface area contributed by atoms with Crippen LogP contribution in [-0.4, -0.2) is 16.6 Å². The maximum absolute atomic E-state index is 12.4. The molecule has 0 atom stereocenters. The SMILES string of the molecule is Cc1ncsc1CNc1c(C#N)cnc2ccc(OC(F)F)cc12. The second kappa shape index (κ2) is 6.76. The van der Waals surface area contributed by atoms with Crippen molar-refractivity contribution < 1.29 is 13.5 Å². The van der Waals surface area contributed by atoms with Gasteiger partial charge in [-0.05, 0) is 25.1 Å². The fraction of sp³-hybridized carbons (Fsp3) is 0.188. The molecule has 3 rings (SSSR count). The van der Waals surface area contributed by atoms with Gasteiger partial charge in [-0.1, -0.05) is 0 Å². The number of ether oxygens (including phenoxy) is 1. The zero-order chi connectivity index (χ0) is 17.1. The van der Waals surface area contributed by atoms with Gasteiger partial charge in [0.15, 0.2) is 0 Å². The molecule has 0 radical (unpaired) electrons. The number of aromatic nitrogens is 2. The number of benzene rings is 1. The Labute approximate surface area is 140 Å². The van der Waals surface area contributed by atoms with E-state index in [4.69, 9.17) is 0 Å². The van der Waals surface area contributed by atoms with Crippen molar-refractivity contribution in [2.45, 2.75) is 20.1 Å². The highest BCUT2D eigenvalue weighted by atomic mass is 32.1. The molecule has 0 aliphatic heterocycles. The van der Waals surface area contributed by atoms with E-state index in [-0.39, 0.29) is 5.75 Å². The Kier molecular flexibility index (Phi) is 4.53. The molecule has 24 heavy (non-hydrogen) atoms. The van der Waals surface area contributed by atoms with Crippen molar-refractivity contribution in [2.75, 3.05) is 5.32 Å². The van der Waals surface area contributed by atoms with E-state index in [0.717, 1.165) is 10.6 Å². The van der Waals surface area contributed by atoms with Gasteiger partial charge in [0.25, 0.3) is 0 Å². The monoisotopic (exact) mass is 346 g/mol. The summed E-state index contributed by atoms with van der Waals surface area (Å²) in [5.41, 5.74) is 4.11. The molecule has 5 nitrogen and oxygen atoms in total. The zero-order valence-corrected chi connectivity index (χ0v) is 13.4. The third kappa shape index (κ3) is 3.26. The third-order valence-corrected chi connectivity index (χ3v) is 4.39. The van der Waals surface area contributed by atoms with Gasteiger partial charge in [0.05, 0.1) is 34.5 Å². The molecule has 8 heteroatoms. The fourth-order valence-corrected chi connectivity index (χ4v) is 3.00. The number of fused-ring (bicyclic) bond motifs is 1. The first-order valence-electron chi connectivity index (χ1n) is 6.99. The molecule has 0 spiro atoms. The lowest BCUT2D eigenvalue weighted by Gasteiger charge is -2.12. The number of nitrogens with zero attached hydrogens (tertiary/aromatic N) is 3. The second-order valence-electron chi connectivity index (χ2n) is 4.93. The highest BCUT2D eigenvalue weighted by Gasteiger charge is 2.12. The average Bonchev–Trinajstić information content (AvgIpc) is 2.97. The summed E-state index contributed by atoms with van der Waals surface area (Å²) in [4.78, 5) is 9.39. The van der Waals surface area contributed by atoms with E-state index in [1.54, 1.807) is 11.6 Å². The zero-order valence-electron chi connectivity index (χ0n) is 12.6. The summed E-state index contributed by atoms with van der Waals surface area (Å²) in [6.07, 6.45) is 1.46. The number of nitrogens with one attached hydrogen (secondary N) is 1. The Morgan fingerprint density at radius 2 is 2.21 bits per heavy atom. The van der Waals surface area contributed by atoms with Crippen LogP contribution in [0.3, 0.4) is 0 Å². The number of pyridine rings is 1. The fourth-order valence-electron chi connectivity index (χ4n) is 2.29. The minimum Gasteiger partial charge on any atom is -0.435 e. The van der Waals surface area contributed by atoms with Gasteiger partial charge in [0.1, 0.15) is 11.8 Å². The van der Waals surface area contributed by atoms with Crippen LogP contribution in [0.2, 0.25) is 0 Å². The van der Waals surface area contributed by atoms with Gasteiger partial charge in [-0.3, -0.25) is 4.98 Å². The molecule has 2 heterocycles. The van der Waals surface area contributed by atoms with Crippen LogP contribution in [0.4, 0.5) is 14.5 Å². The lowest BCUT2D eigenvalue weighted by atomic mass is 10.1. The van der Waals surface area contributed by atoms with Crippen molar-refractivity contribution in [3.05, 3.63) is 46.0 Å². The van der Waals surface area contributed by atoms with Crippen LogP contribution in [0.5, 0.6) is 5.75 Å². The van der Waals surface area contributed by atoms with Crippen LogP contribution in [0.1, 0.15) is 16.1 Å². The molecule has 1 N–H and O–H groups in total. The lowest BCUT2D eigenvalue weighted by Crippen LogP contribution is -2.04. The van der Waals surface area contributed by atoms with Crippen LogP contribution in [0, 0.1) is 18.3 Å². The number of halogens is 2. The van der Waals surface area contributed by atoms with E-state index < -0.39 is 6.61 Å². The molecule has 0 amide bonds. The third-order valence-electron chi connectivity index (χ3n) is 3.46. The first kappa shape index (κ1) is 16.1. The Morgan fingerprint density at radius 1 is 1.38 bits per heavy atom. The number of hydrogen-bond donors (Lipinski definition) is 1. The minimum absolute atomic E-state index is 0.0198. The van der Waals surface area contributed by atoms with Crippen molar-refractivity contribution >= 4 is 27.9 Å². The Hall–Kier alpha value is -2.79. The molecule has 0 bridgehead atoms. The highest BCUT2D eigenvalue weighted by molar-refractivity contribution is 7.09. The standard InChI is InChI=1S/C16H12F2N4OS/c1-9-14(24-8-22-9)7-21-15-10(5-19)6-20-13-3-2-11(4-12(13)15)23-16(17)18/h2-4,6,8,16H,7H2,1H3,(H,20,21). The maximum Gasteiger partial charge on any atom is 0.387 e. The quantitative estimate of drug-likeness (QED) is 0.753. The Bertz CT molecular complexity index is 920. The van der Waals surface area contributed by atoms with E-state index in [1.165, 1.54) is 29.7 Å². The summed E-state index contributed by atoms with van der Waals surface area (Å²) in [7, 11) is 0. The predicted octanol–water partition coefficient (Wildman–Crippen LogP) is 4.08. The molecule has 122 valence electrons. The largest absolute Gasteiger partial charge is 0.435 e. The second-order valence-corrected chi connectivity index (χ2v) is 5.87. The van der Waals surface area contributed by atoms with Gasteiger partial charge in [-0.2, -0.15) is 14.0 Å². The molecular weight excluding hydrogens is 334 g/mol. The molecule has 2 aromatic heterocycles. The molecule has 0 aliphatic rings. The number of rotatable bonds is 5. The summed E-state index contributed by atoms with van der Waals surface area (Å²) >= 11 is 1.50. The summed E-state index contributed by atoms with van der Waals surface area (Å²) < 4.78 is 29.3. The van der Waals surface area contributed by atoms with E-state index in [2.05, 4.69) is 26.1 Å². The van der Waals surface area contributed by atoms with Crippen LogP contribution in [0.25, 0.3) is 10.9 Å². The van der Waals surface area contributed by atoms with Gasteiger partial charge < -0.3 is 10.1 Å². The van der Waals surface area contributed by atoms with Gasteiger partial charge in [-0.15, -0.1) is 11.3 Å². The molecule has 0 saturated heterocycles. The van der Waals surface area contributed by atoms with E-state index in [1.807, 2.05) is 6.92 Å². The predicted molar refractivity (Wildman–Crippen MR) is 87.3 cm³/mol. The Balaban J connectivity index is 2.02. The maximum atomic E-state index is 12.4. The molecule has 0 fully saturated rings. The molecule has 0 unspecified atom stereocenters. The topological polar surface area (TPSA) is 70.8 Å². The van der Waals surface area contributed by atoms with E-state index in [0.29, 0.717) is 28.7 Å². The van der Waals surface area contributed by atoms with Crippen LogP contribution in [0.15, 0.2) is 29.9 Å². The number of thiazole rings is 1. The number of nitriles is 1. The first-order chi connectivity index (χ1) is 11.6. The van der Waals surface area contributed by atoms with E-state index >= 15 is 0 Å². The van der Waals surface area contributed by atoms with E-state index in [9.17, 15) is 14.0 Å². The van der Waals surface area contributed by atoms with Crippen molar-refractivity contribution in [3.63, 3.8) is 0 Å². The number of hydrogen-bond acceptors (Lipinski definition) is 6.